The van der Waals surface area contributed by atoms with Gasteiger partial charge in [0.1, 0.15) is 17.9 Å². The van der Waals surface area contributed by atoms with Crippen molar-refractivity contribution >= 4 is 22.9 Å². The summed E-state index contributed by atoms with van der Waals surface area (Å²) in [5.41, 5.74) is 1.63. The van der Waals surface area contributed by atoms with Crippen molar-refractivity contribution in [2.75, 3.05) is 32.1 Å². The van der Waals surface area contributed by atoms with Crippen LogP contribution in [0.2, 0.25) is 0 Å². The van der Waals surface area contributed by atoms with Gasteiger partial charge in [-0.05, 0) is 44.0 Å². The molecule has 1 aliphatic rings. The second-order valence-electron chi connectivity index (χ2n) is 6.82. The van der Waals surface area contributed by atoms with Gasteiger partial charge in [-0.3, -0.25) is 0 Å². The standard InChI is InChI=1S/C20H24N6O3/c1-3-29-20(27)25-10-8-14(9-11-25)24-18-17-12-23-26(19(17)22-13-21-18)15-4-6-16(28-2)7-5-15/h4-7,12-14H,3,8-11H2,1-2H3,(H,21,22,24). The third-order valence-corrected chi connectivity index (χ3v) is 5.04. The first kappa shape index (κ1) is 19.0. The summed E-state index contributed by atoms with van der Waals surface area (Å²) in [5.74, 6) is 1.54. The molecule has 1 fully saturated rings. The number of carbonyl (C=O) groups is 1. The SMILES string of the molecule is CCOC(=O)N1CCC(Nc2ncnc3c2cnn3-c2ccc(OC)cc2)CC1. The van der Waals surface area contributed by atoms with Crippen molar-refractivity contribution < 1.29 is 14.3 Å². The minimum absolute atomic E-state index is 0.225. The molecule has 1 N–H and O–H groups in total. The number of carbonyl (C=O) groups excluding carboxylic acids is 1. The van der Waals surface area contributed by atoms with Gasteiger partial charge in [0.05, 0.1) is 31.0 Å². The van der Waals surface area contributed by atoms with E-state index in [1.807, 2.05) is 31.2 Å². The van der Waals surface area contributed by atoms with Gasteiger partial charge in [-0.1, -0.05) is 0 Å². The number of benzene rings is 1. The van der Waals surface area contributed by atoms with Crippen molar-refractivity contribution in [1.29, 1.82) is 0 Å². The number of methoxy groups -OCH3 is 1. The maximum Gasteiger partial charge on any atom is 0.409 e. The summed E-state index contributed by atoms with van der Waals surface area (Å²) < 4.78 is 12.1. The molecular formula is C20H24N6O3. The number of nitrogens with one attached hydrogen (secondary N) is 1. The van der Waals surface area contributed by atoms with Crippen LogP contribution in [0.4, 0.5) is 10.6 Å². The van der Waals surface area contributed by atoms with E-state index in [-0.39, 0.29) is 12.1 Å². The molecule has 0 aliphatic carbocycles. The molecule has 0 unspecified atom stereocenters. The molecule has 4 rings (SSSR count). The number of ether oxygens (including phenoxy) is 2. The second kappa shape index (κ2) is 8.34. The maximum absolute atomic E-state index is 11.9. The summed E-state index contributed by atoms with van der Waals surface area (Å²) in [5, 5.41) is 8.85. The first-order valence-corrected chi connectivity index (χ1v) is 9.71. The van der Waals surface area contributed by atoms with Crippen LogP contribution in [-0.2, 0) is 4.74 Å². The molecule has 0 bridgehead atoms. The van der Waals surface area contributed by atoms with Crippen LogP contribution in [0.15, 0.2) is 36.8 Å². The van der Waals surface area contributed by atoms with Crippen LogP contribution in [0.1, 0.15) is 19.8 Å². The Labute approximate surface area is 168 Å². The summed E-state index contributed by atoms with van der Waals surface area (Å²) in [6.07, 6.45) is 4.74. The number of aromatic nitrogens is 4. The zero-order valence-corrected chi connectivity index (χ0v) is 16.5. The van der Waals surface area contributed by atoms with E-state index in [1.165, 1.54) is 0 Å². The molecule has 1 amide bonds. The number of hydrogen-bond donors (Lipinski definition) is 1. The quantitative estimate of drug-likeness (QED) is 0.709. The van der Waals surface area contributed by atoms with Crippen molar-refractivity contribution in [3.8, 4) is 11.4 Å². The Hall–Kier alpha value is -3.36. The van der Waals surface area contributed by atoms with Gasteiger partial charge in [-0.2, -0.15) is 5.10 Å². The van der Waals surface area contributed by atoms with Crippen molar-refractivity contribution in [3.63, 3.8) is 0 Å². The van der Waals surface area contributed by atoms with Crippen molar-refractivity contribution in [2.24, 2.45) is 0 Å². The molecule has 9 nitrogen and oxygen atoms in total. The Kier molecular flexibility index (Phi) is 5.46. The highest BCUT2D eigenvalue weighted by molar-refractivity contribution is 5.87. The van der Waals surface area contributed by atoms with Gasteiger partial charge in [0, 0.05) is 19.1 Å². The predicted octanol–water partition coefficient (Wildman–Crippen LogP) is 2.86. The number of fused-ring (bicyclic) bond motifs is 1. The van der Waals surface area contributed by atoms with E-state index >= 15 is 0 Å². The minimum Gasteiger partial charge on any atom is -0.497 e. The van der Waals surface area contributed by atoms with Crippen LogP contribution in [0, 0.1) is 0 Å². The van der Waals surface area contributed by atoms with Crippen LogP contribution in [0.3, 0.4) is 0 Å². The van der Waals surface area contributed by atoms with Crippen LogP contribution < -0.4 is 10.1 Å². The molecule has 0 radical (unpaired) electrons. The number of hydrogen-bond acceptors (Lipinski definition) is 7. The Morgan fingerprint density at radius 1 is 1.21 bits per heavy atom. The average molecular weight is 396 g/mol. The molecule has 0 spiro atoms. The van der Waals surface area contributed by atoms with Crippen molar-refractivity contribution in [1.82, 2.24) is 24.6 Å². The maximum atomic E-state index is 11.9. The molecular weight excluding hydrogens is 372 g/mol. The molecule has 1 saturated heterocycles. The predicted molar refractivity (Wildman–Crippen MR) is 108 cm³/mol. The van der Waals surface area contributed by atoms with E-state index in [9.17, 15) is 4.79 Å². The zero-order valence-electron chi connectivity index (χ0n) is 16.5. The highest BCUT2D eigenvalue weighted by Gasteiger charge is 2.24. The van der Waals surface area contributed by atoms with Gasteiger partial charge in [-0.15, -0.1) is 0 Å². The number of anilines is 1. The largest absolute Gasteiger partial charge is 0.497 e. The fraction of sp³-hybridized carbons (Fsp3) is 0.400. The number of likely N-dealkylation sites (tertiary alicyclic amines) is 1. The fourth-order valence-corrected chi connectivity index (χ4v) is 3.49. The minimum atomic E-state index is -0.240. The van der Waals surface area contributed by atoms with E-state index in [2.05, 4.69) is 20.4 Å². The van der Waals surface area contributed by atoms with Crippen LogP contribution in [0.25, 0.3) is 16.7 Å². The van der Waals surface area contributed by atoms with Crippen LogP contribution >= 0.6 is 0 Å². The summed E-state index contributed by atoms with van der Waals surface area (Å²) in [6.45, 7) is 3.54. The summed E-state index contributed by atoms with van der Waals surface area (Å²) in [6, 6.07) is 7.88. The van der Waals surface area contributed by atoms with E-state index in [4.69, 9.17) is 9.47 Å². The number of piperidine rings is 1. The lowest BCUT2D eigenvalue weighted by Gasteiger charge is -2.31. The van der Waals surface area contributed by atoms with E-state index < -0.39 is 0 Å². The lowest BCUT2D eigenvalue weighted by Crippen LogP contribution is -2.42. The topological polar surface area (TPSA) is 94.4 Å². The molecule has 1 aromatic carbocycles. The number of amides is 1. The summed E-state index contributed by atoms with van der Waals surface area (Å²) >= 11 is 0. The third-order valence-electron chi connectivity index (χ3n) is 5.04. The van der Waals surface area contributed by atoms with Crippen LogP contribution in [0.5, 0.6) is 5.75 Å². The normalized spacial score (nSPS) is 14.8. The first-order chi connectivity index (χ1) is 14.2. The molecule has 1 aliphatic heterocycles. The van der Waals surface area contributed by atoms with Crippen molar-refractivity contribution in [2.45, 2.75) is 25.8 Å². The highest BCUT2D eigenvalue weighted by atomic mass is 16.6. The van der Waals surface area contributed by atoms with Gasteiger partial charge in [0.25, 0.3) is 0 Å². The Bertz CT molecular complexity index is 980. The lowest BCUT2D eigenvalue weighted by molar-refractivity contribution is 0.0983. The zero-order chi connectivity index (χ0) is 20.2. The highest BCUT2D eigenvalue weighted by Crippen LogP contribution is 2.25. The summed E-state index contributed by atoms with van der Waals surface area (Å²) in [7, 11) is 1.64. The first-order valence-electron chi connectivity index (χ1n) is 9.71. The smallest absolute Gasteiger partial charge is 0.409 e. The number of rotatable bonds is 5. The van der Waals surface area contributed by atoms with E-state index in [0.717, 1.165) is 41.1 Å². The van der Waals surface area contributed by atoms with Gasteiger partial charge in [0.15, 0.2) is 5.65 Å². The third kappa shape index (κ3) is 3.94. The Morgan fingerprint density at radius 2 is 1.97 bits per heavy atom. The molecule has 0 saturated carbocycles. The average Bonchev–Trinajstić information content (AvgIpc) is 3.20. The second-order valence-corrected chi connectivity index (χ2v) is 6.82. The molecule has 9 heteroatoms. The molecule has 0 atom stereocenters. The van der Waals surface area contributed by atoms with Gasteiger partial charge < -0.3 is 19.7 Å². The molecule has 2 aromatic heterocycles. The lowest BCUT2D eigenvalue weighted by atomic mass is 10.1. The molecule has 3 aromatic rings. The molecule has 29 heavy (non-hydrogen) atoms. The summed E-state index contributed by atoms with van der Waals surface area (Å²) in [4.78, 5) is 22.4. The Balaban J connectivity index is 1.49. The number of nitrogens with zero attached hydrogens (tertiary/aromatic N) is 5. The van der Waals surface area contributed by atoms with Gasteiger partial charge in [-0.25, -0.2) is 19.4 Å². The van der Waals surface area contributed by atoms with Crippen molar-refractivity contribution in [3.05, 3.63) is 36.8 Å². The van der Waals surface area contributed by atoms with Crippen LogP contribution in [-0.4, -0.2) is 63.6 Å². The molecule has 3 heterocycles. The van der Waals surface area contributed by atoms with E-state index in [0.29, 0.717) is 19.7 Å². The van der Waals surface area contributed by atoms with E-state index in [1.54, 1.807) is 29.2 Å². The Morgan fingerprint density at radius 3 is 2.66 bits per heavy atom. The molecule has 152 valence electrons. The van der Waals surface area contributed by atoms with Gasteiger partial charge in [0.2, 0.25) is 0 Å². The monoisotopic (exact) mass is 396 g/mol. The van der Waals surface area contributed by atoms with Gasteiger partial charge >= 0.3 is 6.09 Å². The fourth-order valence-electron chi connectivity index (χ4n) is 3.49.